The second kappa shape index (κ2) is 13.3. The van der Waals surface area contributed by atoms with Crippen LogP contribution in [0.25, 0.3) is 0 Å². The fourth-order valence-corrected chi connectivity index (χ4v) is 4.02. The van der Waals surface area contributed by atoms with Gasteiger partial charge in [-0.05, 0) is 12.5 Å². The largest absolute Gasteiger partial charge is 0.480 e. The Morgan fingerprint density at radius 1 is 0.897 bits per heavy atom. The van der Waals surface area contributed by atoms with E-state index in [2.05, 4.69) is 5.32 Å². The van der Waals surface area contributed by atoms with E-state index in [0.29, 0.717) is 5.56 Å². The van der Waals surface area contributed by atoms with Crippen molar-refractivity contribution < 1.29 is 54.0 Å². The Labute approximate surface area is 221 Å². The lowest BCUT2D eigenvalue weighted by molar-refractivity contribution is -0.161. The van der Waals surface area contributed by atoms with Gasteiger partial charge in [0, 0.05) is 31.2 Å². The van der Waals surface area contributed by atoms with Gasteiger partial charge in [0.25, 0.3) is 11.8 Å². The zero-order chi connectivity index (χ0) is 29.3. The van der Waals surface area contributed by atoms with Crippen LogP contribution in [0.5, 0.6) is 0 Å². The molecular weight excluding hydrogens is 520 g/mol. The smallest absolute Gasteiger partial charge is 0.345 e. The van der Waals surface area contributed by atoms with E-state index in [4.69, 9.17) is 10.2 Å². The minimum atomic E-state index is -2.44. The van der Waals surface area contributed by atoms with Crippen LogP contribution in [-0.2, 0) is 40.0 Å². The highest BCUT2D eigenvalue weighted by Crippen LogP contribution is 2.23. The fourth-order valence-electron chi connectivity index (χ4n) is 4.02. The Kier molecular flexibility index (Phi) is 10.4. The number of rotatable bonds is 16. The Morgan fingerprint density at radius 2 is 1.46 bits per heavy atom. The molecule has 0 spiro atoms. The summed E-state index contributed by atoms with van der Waals surface area (Å²) in [5, 5.41) is 42.6. The second-order valence-corrected chi connectivity index (χ2v) is 8.77. The van der Waals surface area contributed by atoms with Gasteiger partial charge >= 0.3 is 23.9 Å². The lowest BCUT2D eigenvalue weighted by Gasteiger charge is -2.41. The maximum absolute atomic E-state index is 13.3. The molecule has 1 aliphatic rings. The van der Waals surface area contributed by atoms with Gasteiger partial charge < -0.3 is 25.7 Å². The monoisotopic (exact) mass is 548 g/mol. The minimum Gasteiger partial charge on any atom is -0.480 e. The molecule has 2 atom stereocenters. The van der Waals surface area contributed by atoms with Crippen molar-refractivity contribution >= 4 is 41.6 Å². The van der Waals surface area contributed by atoms with Crippen molar-refractivity contribution in [3.63, 3.8) is 0 Å². The number of carbonyl (C=O) groups excluding carboxylic acids is 3. The van der Waals surface area contributed by atoms with Gasteiger partial charge in [-0.2, -0.15) is 0 Å². The Hall–Kier alpha value is -4.63. The molecule has 0 aromatic heterocycles. The molecule has 0 aliphatic carbocycles. The summed E-state index contributed by atoms with van der Waals surface area (Å²) in [5.41, 5.74) is -2.29. The van der Waals surface area contributed by atoms with Crippen molar-refractivity contribution in [2.75, 3.05) is 32.7 Å². The van der Waals surface area contributed by atoms with Crippen molar-refractivity contribution in [1.82, 2.24) is 20.4 Å². The van der Waals surface area contributed by atoms with Crippen molar-refractivity contribution in [2.45, 2.75) is 19.0 Å². The number of benzene rings is 1. The number of hydrogen-bond donors (Lipinski definition) is 6. The first-order valence-electron chi connectivity index (χ1n) is 11.5. The number of nitrogens with one attached hydrogen (secondary N) is 2. The van der Waals surface area contributed by atoms with Gasteiger partial charge in [0.1, 0.15) is 0 Å². The number of carboxylic acids is 4. The zero-order valence-electron chi connectivity index (χ0n) is 20.8. The van der Waals surface area contributed by atoms with Gasteiger partial charge in [0.2, 0.25) is 5.91 Å². The lowest BCUT2D eigenvalue weighted by Crippen LogP contribution is -2.69. The molecule has 6 N–H and O–H groups in total. The molecule has 3 amide bonds. The summed E-state index contributed by atoms with van der Waals surface area (Å²) < 4.78 is 0. The molecule has 1 heterocycles. The number of imide groups is 1. The Bertz CT molecular complexity index is 1170. The third kappa shape index (κ3) is 8.44. The molecule has 1 aromatic rings. The number of nitrogens with zero attached hydrogens (tertiary/aromatic N) is 2. The predicted octanol–water partition coefficient (Wildman–Crippen LogP) is -1.80. The fraction of sp³-hybridized carbons (Fsp3) is 0.375. The molecule has 39 heavy (non-hydrogen) atoms. The van der Waals surface area contributed by atoms with Gasteiger partial charge in [0.15, 0.2) is 5.66 Å². The van der Waals surface area contributed by atoms with Gasteiger partial charge in [-0.25, -0.2) is 4.79 Å². The lowest BCUT2D eigenvalue weighted by atomic mass is 9.94. The van der Waals surface area contributed by atoms with Gasteiger partial charge in [-0.1, -0.05) is 30.3 Å². The van der Waals surface area contributed by atoms with E-state index in [1.165, 1.54) is 6.92 Å². The van der Waals surface area contributed by atoms with Crippen LogP contribution >= 0.6 is 0 Å². The third-order valence-electron chi connectivity index (χ3n) is 5.90. The maximum Gasteiger partial charge on any atom is 0.345 e. The number of amides is 3. The Morgan fingerprint density at radius 3 is 1.92 bits per heavy atom. The summed E-state index contributed by atoms with van der Waals surface area (Å²) in [5.74, 6) is -9.80. The molecule has 2 rings (SSSR count). The first-order chi connectivity index (χ1) is 18.2. The van der Waals surface area contributed by atoms with Gasteiger partial charge in [-0.3, -0.25) is 43.9 Å². The standard InChI is InChI=1S/C24H28N4O11/c1-14(16-9-17(29)25-22(16)37)21(36)26-24(23(38)39,10-15-5-3-2-4-6-15)28(13-20(34)35)8-7-27(11-18(30)31)12-19(32)33/h2-6,9,14H,7-8,10-13H2,1H3,(H,26,36)(H,30,31)(H,32,33)(H,34,35)(H,38,39)(H,25,29,37). The van der Waals surface area contributed by atoms with E-state index < -0.39 is 85.8 Å². The van der Waals surface area contributed by atoms with Crippen LogP contribution in [-0.4, -0.2) is 110 Å². The molecule has 0 saturated carbocycles. The summed E-state index contributed by atoms with van der Waals surface area (Å²) in [7, 11) is 0. The molecule has 1 aliphatic heterocycles. The van der Waals surface area contributed by atoms with E-state index in [1.807, 2.05) is 5.32 Å². The molecule has 2 unspecified atom stereocenters. The van der Waals surface area contributed by atoms with Crippen LogP contribution in [0.2, 0.25) is 0 Å². The molecule has 1 aromatic carbocycles. The average Bonchev–Trinajstić information content (AvgIpc) is 3.17. The highest BCUT2D eigenvalue weighted by molar-refractivity contribution is 6.18. The molecule has 0 radical (unpaired) electrons. The van der Waals surface area contributed by atoms with E-state index >= 15 is 0 Å². The first kappa shape index (κ1) is 30.6. The summed E-state index contributed by atoms with van der Waals surface area (Å²) in [6, 6.07) is 7.92. The molecule has 0 saturated heterocycles. The van der Waals surface area contributed by atoms with Crippen LogP contribution in [0.4, 0.5) is 0 Å². The zero-order valence-corrected chi connectivity index (χ0v) is 20.8. The number of hydrogen-bond acceptors (Lipinski definition) is 9. The van der Waals surface area contributed by atoms with E-state index in [-0.39, 0.29) is 12.1 Å². The van der Waals surface area contributed by atoms with Crippen LogP contribution < -0.4 is 10.6 Å². The SMILES string of the molecule is CC(C(=O)NC(Cc1ccccc1)(C(=O)O)N(CCN(CC(=O)O)CC(=O)O)CC(=O)O)C1=CC(=O)NC1=O. The van der Waals surface area contributed by atoms with Crippen LogP contribution in [0.1, 0.15) is 12.5 Å². The van der Waals surface area contributed by atoms with Crippen molar-refractivity contribution in [3.8, 4) is 0 Å². The van der Waals surface area contributed by atoms with Crippen LogP contribution in [0, 0.1) is 5.92 Å². The van der Waals surface area contributed by atoms with Crippen LogP contribution in [0.15, 0.2) is 42.0 Å². The Balaban J connectivity index is 2.53. The molecule has 0 fully saturated rings. The molecular formula is C24H28N4O11. The van der Waals surface area contributed by atoms with E-state index in [1.54, 1.807) is 30.3 Å². The summed E-state index contributed by atoms with van der Waals surface area (Å²) in [6.45, 7) is -2.01. The minimum absolute atomic E-state index is 0.227. The van der Waals surface area contributed by atoms with Crippen molar-refractivity contribution in [1.29, 1.82) is 0 Å². The normalized spacial score (nSPS) is 15.3. The van der Waals surface area contributed by atoms with Crippen molar-refractivity contribution in [3.05, 3.63) is 47.5 Å². The van der Waals surface area contributed by atoms with Crippen molar-refractivity contribution in [2.24, 2.45) is 5.92 Å². The highest BCUT2D eigenvalue weighted by atomic mass is 16.4. The summed E-state index contributed by atoms with van der Waals surface area (Å²) >= 11 is 0. The molecule has 210 valence electrons. The molecule has 15 heteroatoms. The summed E-state index contributed by atoms with van der Waals surface area (Å²) in [4.78, 5) is 85.8. The number of carboxylic acid groups (broad SMARTS) is 4. The van der Waals surface area contributed by atoms with Gasteiger partial charge in [0.05, 0.1) is 25.6 Å². The predicted molar refractivity (Wildman–Crippen MR) is 130 cm³/mol. The molecule has 0 bridgehead atoms. The van der Waals surface area contributed by atoms with E-state index in [0.717, 1.165) is 15.9 Å². The average molecular weight is 549 g/mol. The van der Waals surface area contributed by atoms with Crippen LogP contribution in [0.3, 0.4) is 0 Å². The first-order valence-corrected chi connectivity index (χ1v) is 11.5. The summed E-state index contributed by atoms with van der Waals surface area (Å²) in [6.07, 6.45) is 0.438. The molecule has 15 nitrogen and oxygen atoms in total. The topological polar surface area (TPSA) is 231 Å². The number of aliphatic carboxylic acids is 4. The third-order valence-corrected chi connectivity index (χ3v) is 5.90. The second-order valence-electron chi connectivity index (χ2n) is 8.77. The maximum atomic E-state index is 13.3. The van der Waals surface area contributed by atoms with E-state index in [9.17, 15) is 43.8 Å². The number of carbonyl (C=O) groups is 7. The highest BCUT2D eigenvalue weighted by Gasteiger charge is 2.48. The van der Waals surface area contributed by atoms with Gasteiger partial charge in [-0.15, -0.1) is 0 Å². The quantitative estimate of drug-likeness (QED) is 0.0990.